The van der Waals surface area contributed by atoms with Crippen molar-refractivity contribution in [2.45, 2.75) is 44.7 Å². The molecule has 2 aliphatic heterocycles. The van der Waals surface area contributed by atoms with Gasteiger partial charge in [-0.25, -0.2) is 4.79 Å². The number of urea groups is 1. The summed E-state index contributed by atoms with van der Waals surface area (Å²) in [6.45, 7) is 4.43. The van der Waals surface area contributed by atoms with Gasteiger partial charge in [0.25, 0.3) is 0 Å². The summed E-state index contributed by atoms with van der Waals surface area (Å²) in [7, 11) is 0. The van der Waals surface area contributed by atoms with Crippen molar-refractivity contribution in [3.63, 3.8) is 0 Å². The molecule has 0 spiro atoms. The maximum Gasteiger partial charge on any atom is 0.317 e. The van der Waals surface area contributed by atoms with Crippen molar-refractivity contribution in [2.24, 2.45) is 0 Å². The average molecular weight is 358 g/mol. The zero-order valence-corrected chi connectivity index (χ0v) is 15.5. The van der Waals surface area contributed by atoms with Crippen LogP contribution in [0.5, 0.6) is 0 Å². The van der Waals surface area contributed by atoms with Gasteiger partial charge in [0.1, 0.15) is 0 Å². The molecule has 2 N–H and O–H groups in total. The molecule has 2 fully saturated rings. The standard InChI is InChI=1S/C20H30N4O2/c25-19-10-14-23(15-12-21-19)20(26)22-11-9-18-8-4-5-13-24(18)16-17-6-2-1-3-7-17/h1-3,6-7,18H,4-5,8-16H2,(H,21,25)(H,22,26). The minimum atomic E-state index is -0.0491. The Morgan fingerprint density at radius 1 is 1.15 bits per heavy atom. The van der Waals surface area contributed by atoms with Crippen LogP contribution in [0, 0.1) is 0 Å². The number of hydrogen-bond acceptors (Lipinski definition) is 3. The predicted octanol–water partition coefficient (Wildman–Crippen LogP) is 1.96. The van der Waals surface area contributed by atoms with Crippen LogP contribution in [-0.2, 0) is 11.3 Å². The van der Waals surface area contributed by atoms with E-state index in [1.54, 1.807) is 4.90 Å². The van der Waals surface area contributed by atoms with Crippen LogP contribution in [0.15, 0.2) is 30.3 Å². The second kappa shape index (κ2) is 9.57. The van der Waals surface area contributed by atoms with E-state index in [4.69, 9.17) is 0 Å². The van der Waals surface area contributed by atoms with Crippen LogP contribution in [0.2, 0.25) is 0 Å². The van der Waals surface area contributed by atoms with Crippen LogP contribution < -0.4 is 10.6 Å². The Morgan fingerprint density at radius 2 is 2.00 bits per heavy atom. The largest absolute Gasteiger partial charge is 0.354 e. The van der Waals surface area contributed by atoms with Crippen molar-refractivity contribution in [1.82, 2.24) is 20.4 Å². The van der Waals surface area contributed by atoms with E-state index in [0.29, 0.717) is 38.6 Å². The van der Waals surface area contributed by atoms with Gasteiger partial charge in [-0.3, -0.25) is 9.69 Å². The summed E-state index contributed by atoms with van der Waals surface area (Å²) in [6.07, 6.45) is 5.09. The van der Waals surface area contributed by atoms with Gasteiger partial charge in [0.05, 0.1) is 0 Å². The predicted molar refractivity (Wildman–Crippen MR) is 102 cm³/mol. The molecule has 0 bridgehead atoms. The van der Waals surface area contributed by atoms with Crippen LogP contribution in [0.4, 0.5) is 4.79 Å². The van der Waals surface area contributed by atoms with E-state index in [1.165, 1.54) is 24.8 Å². The number of nitrogens with one attached hydrogen (secondary N) is 2. The topological polar surface area (TPSA) is 64.7 Å². The Labute approximate surface area is 155 Å². The molecule has 6 nitrogen and oxygen atoms in total. The van der Waals surface area contributed by atoms with Crippen molar-refractivity contribution >= 4 is 11.9 Å². The molecule has 0 radical (unpaired) electrons. The van der Waals surface area contributed by atoms with Crippen molar-refractivity contribution < 1.29 is 9.59 Å². The van der Waals surface area contributed by atoms with Gasteiger partial charge in [-0.05, 0) is 31.4 Å². The van der Waals surface area contributed by atoms with Gasteiger partial charge in [-0.1, -0.05) is 36.8 Å². The number of nitrogens with zero attached hydrogens (tertiary/aromatic N) is 2. The Hall–Kier alpha value is -2.08. The number of carbonyl (C=O) groups is 2. The van der Waals surface area contributed by atoms with E-state index >= 15 is 0 Å². The molecule has 1 aromatic carbocycles. The lowest BCUT2D eigenvalue weighted by molar-refractivity contribution is -0.120. The fraction of sp³-hybridized carbons (Fsp3) is 0.600. The first-order valence-electron chi connectivity index (χ1n) is 9.80. The Balaban J connectivity index is 1.44. The van der Waals surface area contributed by atoms with Gasteiger partial charge in [-0.2, -0.15) is 0 Å². The van der Waals surface area contributed by atoms with E-state index in [0.717, 1.165) is 19.5 Å². The van der Waals surface area contributed by atoms with Gasteiger partial charge in [0, 0.05) is 45.2 Å². The number of benzene rings is 1. The van der Waals surface area contributed by atoms with Crippen LogP contribution in [-0.4, -0.2) is 60.5 Å². The maximum absolute atomic E-state index is 12.3. The monoisotopic (exact) mass is 358 g/mol. The molecule has 2 saturated heterocycles. The highest BCUT2D eigenvalue weighted by atomic mass is 16.2. The van der Waals surface area contributed by atoms with Crippen molar-refractivity contribution in [1.29, 1.82) is 0 Å². The zero-order chi connectivity index (χ0) is 18.2. The molecule has 0 aliphatic carbocycles. The Kier molecular flexibility index (Phi) is 6.89. The first kappa shape index (κ1) is 18.7. The Bertz CT molecular complexity index is 593. The van der Waals surface area contributed by atoms with E-state index < -0.39 is 0 Å². The lowest BCUT2D eigenvalue weighted by Gasteiger charge is -2.36. The summed E-state index contributed by atoms with van der Waals surface area (Å²) in [4.78, 5) is 28.0. The fourth-order valence-corrected chi connectivity index (χ4v) is 3.84. The second-order valence-corrected chi connectivity index (χ2v) is 7.21. The number of hydrogen-bond donors (Lipinski definition) is 2. The molecule has 2 aliphatic rings. The molecule has 3 rings (SSSR count). The minimum Gasteiger partial charge on any atom is -0.354 e. The van der Waals surface area contributed by atoms with Crippen molar-refractivity contribution in [2.75, 3.05) is 32.7 Å². The number of rotatable bonds is 5. The summed E-state index contributed by atoms with van der Waals surface area (Å²) in [5.74, 6) is 0.0269. The van der Waals surface area contributed by atoms with Crippen LogP contribution in [0.25, 0.3) is 0 Å². The second-order valence-electron chi connectivity index (χ2n) is 7.21. The fourth-order valence-electron chi connectivity index (χ4n) is 3.84. The van der Waals surface area contributed by atoms with Crippen LogP contribution in [0.1, 0.15) is 37.7 Å². The SMILES string of the molecule is O=C1CCN(C(=O)NCCC2CCCCN2Cc2ccccc2)CCN1. The lowest BCUT2D eigenvalue weighted by Crippen LogP contribution is -2.45. The highest BCUT2D eigenvalue weighted by molar-refractivity contribution is 5.79. The highest BCUT2D eigenvalue weighted by Gasteiger charge is 2.23. The van der Waals surface area contributed by atoms with E-state index in [-0.39, 0.29) is 11.9 Å². The van der Waals surface area contributed by atoms with Gasteiger partial charge in [-0.15, -0.1) is 0 Å². The first-order valence-corrected chi connectivity index (χ1v) is 9.80. The highest BCUT2D eigenvalue weighted by Crippen LogP contribution is 2.21. The molecular formula is C20H30N4O2. The molecule has 1 atom stereocenters. The molecule has 26 heavy (non-hydrogen) atoms. The Morgan fingerprint density at radius 3 is 2.85 bits per heavy atom. The third-order valence-corrected chi connectivity index (χ3v) is 5.33. The summed E-state index contributed by atoms with van der Waals surface area (Å²) in [5.41, 5.74) is 1.35. The lowest BCUT2D eigenvalue weighted by atomic mass is 9.98. The van der Waals surface area contributed by atoms with Gasteiger partial charge in [0.2, 0.25) is 5.91 Å². The molecule has 1 aromatic rings. The van der Waals surface area contributed by atoms with Gasteiger partial charge in [0.15, 0.2) is 0 Å². The molecule has 1 unspecified atom stereocenters. The van der Waals surface area contributed by atoms with Crippen molar-refractivity contribution in [3.8, 4) is 0 Å². The summed E-state index contributed by atoms with van der Waals surface area (Å²) in [5, 5.41) is 5.85. The van der Waals surface area contributed by atoms with E-state index in [1.807, 2.05) is 0 Å². The zero-order valence-electron chi connectivity index (χ0n) is 15.5. The van der Waals surface area contributed by atoms with E-state index in [2.05, 4.69) is 45.9 Å². The minimum absolute atomic E-state index is 0.0269. The molecule has 6 heteroatoms. The number of likely N-dealkylation sites (tertiary alicyclic amines) is 1. The third kappa shape index (κ3) is 5.46. The van der Waals surface area contributed by atoms with Crippen LogP contribution >= 0.6 is 0 Å². The van der Waals surface area contributed by atoms with E-state index in [9.17, 15) is 9.59 Å². The summed E-state index contributed by atoms with van der Waals surface area (Å²) in [6, 6.07) is 11.1. The maximum atomic E-state index is 12.3. The smallest absolute Gasteiger partial charge is 0.317 e. The third-order valence-electron chi connectivity index (χ3n) is 5.33. The summed E-state index contributed by atoms with van der Waals surface area (Å²) < 4.78 is 0. The molecular weight excluding hydrogens is 328 g/mol. The number of amides is 3. The molecule has 0 saturated carbocycles. The number of carbonyl (C=O) groups excluding carboxylic acids is 2. The quantitative estimate of drug-likeness (QED) is 0.846. The molecule has 3 amide bonds. The first-order chi connectivity index (χ1) is 12.7. The number of piperidine rings is 1. The molecule has 0 aromatic heterocycles. The molecule has 142 valence electrons. The average Bonchev–Trinajstić information content (AvgIpc) is 2.88. The summed E-state index contributed by atoms with van der Waals surface area (Å²) >= 11 is 0. The van der Waals surface area contributed by atoms with Crippen molar-refractivity contribution in [3.05, 3.63) is 35.9 Å². The van der Waals surface area contributed by atoms with Crippen LogP contribution in [0.3, 0.4) is 0 Å². The van der Waals surface area contributed by atoms with Gasteiger partial charge >= 0.3 is 6.03 Å². The normalized spacial score (nSPS) is 21.8. The van der Waals surface area contributed by atoms with Gasteiger partial charge < -0.3 is 15.5 Å². The molecule has 2 heterocycles.